The average Bonchev–Trinajstić information content (AvgIpc) is 2.31. The minimum atomic E-state index is 0.533. The second-order valence-corrected chi connectivity index (χ2v) is 5.02. The number of rotatable bonds is 1. The quantitative estimate of drug-likeness (QED) is 0.528. The second-order valence-electron chi connectivity index (χ2n) is 5.02. The minimum Gasteiger partial charge on any atom is -0.221 e. The highest BCUT2D eigenvalue weighted by molar-refractivity contribution is 4.98. The van der Waals surface area contributed by atoms with Gasteiger partial charge in [-0.05, 0) is 11.3 Å². The van der Waals surface area contributed by atoms with Crippen LogP contribution in [-0.2, 0) is 0 Å². The smallest absolute Gasteiger partial charge is 0.0917 e. The molecule has 64 valence electrons. The van der Waals surface area contributed by atoms with E-state index in [2.05, 4.69) is 37.7 Å². The lowest BCUT2D eigenvalue weighted by molar-refractivity contribution is 0.313. The van der Waals surface area contributed by atoms with Crippen molar-refractivity contribution >= 4 is 0 Å². The Bertz CT molecular complexity index is 160. The van der Waals surface area contributed by atoms with Crippen molar-refractivity contribution in [1.29, 1.82) is 0 Å². The molecule has 11 heavy (non-hydrogen) atoms. The van der Waals surface area contributed by atoms with Crippen molar-refractivity contribution in [1.82, 2.24) is 10.0 Å². The normalized spacial score (nSPS) is 46.1. The Kier molecular flexibility index (Phi) is 1.37. The summed E-state index contributed by atoms with van der Waals surface area (Å²) in [5, 5.41) is 5.01. The molecule has 2 unspecified atom stereocenters. The van der Waals surface area contributed by atoms with E-state index in [9.17, 15) is 0 Å². The van der Waals surface area contributed by atoms with Crippen molar-refractivity contribution < 1.29 is 0 Å². The topological polar surface area (TPSA) is 6.02 Å². The van der Waals surface area contributed by atoms with E-state index in [4.69, 9.17) is 0 Å². The monoisotopic (exact) mass is 154 g/mol. The fourth-order valence-electron chi connectivity index (χ4n) is 2.25. The van der Waals surface area contributed by atoms with Gasteiger partial charge in [0.25, 0.3) is 0 Å². The highest BCUT2D eigenvalue weighted by Gasteiger charge is 2.55. The lowest BCUT2D eigenvalue weighted by atomic mass is 9.93. The fraction of sp³-hybridized carbons (Fsp3) is 1.00. The van der Waals surface area contributed by atoms with Crippen LogP contribution in [0.25, 0.3) is 0 Å². The zero-order chi connectivity index (χ0) is 8.22. The van der Waals surface area contributed by atoms with Crippen LogP contribution in [0, 0.1) is 11.3 Å². The maximum atomic E-state index is 2.50. The number of hydrogen-bond acceptors (Lipinski definition) is 2. The van der Waals surface area contributed by atoms with Crippen LogP contribution in [0.3, 0.4) is 0 Å². The number of hydrogen-bond donors (Lipinski definition) is 0. The van der Waals surface area contributed by atoms with Gasteiger partial charge in [-0.25, -0.2) is 10.0 Å². The predicted octanol–water partition coefficient (Wildman–Crippen LogP) is 1.54. The fourth-order valence-corrected chi connectivity index (χ4v) is 2.25. The van der Waals surface area contributed by atoms with E-state index in [1.807, 2.05) is 0 Å². The molecule has 2 fully saturated rings. The van der Waals surface area contributed by atoms with Crippen molar-refractivity contribution in [2.75, 3.05) is 13.1 Å². The van der Waals surface area contributed by atoms with Gasteiger partial charge in [-0.15, -0.1) is 0 Å². The van der Waals surface area contributed by atoms with Crippen LogP contribution < -0.4 is 0 Å². The molecule has 0 N–H and O–H groups in total. The number of fused-ring (bicyclic) bond motifs is 1. The van der Waals surface area contributed by atoms with Gasteiger partial charge in [0.1, 0.15) is 0 Å². The molecule has 2 nitrogen and oxygen atoms in total. The summed E-state index contributed by atoms with van der Waals surface area (Å²) in [4.78, 5) is 0. The van der Waals surface area contributed by atoms with E-state index < -0.39 is 0 Å². The summed E-state index contributed by atoms with van der Waals surface area (Å²) >= 11 is 0. The van der Waals surface area contributed by atoms with Crippen LogP contribution in [0.4, 0.5) is 0 Å². The largest absolute Gasteiger partial charge is 0.221 e. The van der Waals surface area contributed by atoms with Crippen molar-refractivity contribution in [2.45, 2.75) is 33.9 Å². The Morgan fingerprint density at radius 2 is 1.64 bits per heavy atom. The molecule has 2 saturated heterocycles. The molecule has 2 atom stereocenters. The Morgan fingerprint density at radius 3 is 2.00 bits per heavy atom. The summed E-state index contributed by atoms with van der Waals surface area (Å²) in [6.45, 7) is 11.8. The Hall–Kier alpha value is -0.0800. The molecule has 0 aromatic rings. The molecule has 0 radical (unpaired) electrons. The first kappa shape index (κ1) is 7.56. The molecule has 0 bridgehead atoms. The molecule has 2 heteroatoms. The van der Waals surface area contributed by atoms with Crippen LogP contribution in [0.2, 0.25) is 0 Å². The van der Waals surface area contributed by atoms with Crippen LogP contribution in [0.5, 0.6) is 0 Å². The summed E-state index contributed by atoms with van der Waals surface area (Å²) in [7, 11) is 0. The van der Waals surface area contributed by atoms with E-state index in [-0.39, 0.29) is 0 Å². The van der Waals surface area contributed by atoms with E-state index in [0.29, 0.717) is 5.41 Å². The lowest BCUT2D eigenvalue weighted by Gasteiger charge is -2.19. The first-order valence-electron chi connectivity index (χ1n) is 4.54. The van der Waals surface area contributed by atoms with Crippen LogP contribution in [0.1, 0.15) is 27.7 Å². The molecular weight excluding hydrogens is 136 g/mol. The molecule has 0 aliphatic carbocycles. The molecule has 2 aliphatic heterocycles. The van der Waals surface area contributed by atoms with E-state index in [0.717, 1.165) is 12.1 Å². The zero-order valence-corrected chi connectivity index (χ0v) is 7.96. The first-order valence-corrected chi connectivity index (χ1v) is 4.54. The maximum Gasteiger partial charge on any atom is 0.0917 e. The summed E-state index contributed by atoms with van der Waals surface area (Å²) < 4.78 is 0. The van der Waals surface area contributed by atoms with E-state index >= 15 is 0 Å². The third-order valence-corrected chi connectivity index (χ3v) is 2.66. The lowest BCUT2D eigenvalue weighted by Crippen LogP contribution is -2.27. The minimum absolute atomic E-state index is 0.533. The molecule has 0 aromatic carbocycles. The molecular formula is C9H18N2. The Labute approximate surface area is 69.1 Å². The molecule has 0 saturated carbocycles. The molecule has 0 amide bonds. The third-order valence-electron chi connectivity index (χ3n) is 2.66. The van der Waals surface area contributed by atoms with Crippen LogP contribution >= 0.6 is 0 Å². The van der Waals surface area contributed by atoms with E-state index in [1.54, 1.807) is 0 Å². The van der Waals surface area contributed by atoms with Crippen molar-refractivity contribution in [3.05, 3.63) is 0 Å². The van der Waals surface area contributed by atoms with Crippen molar-refractivity contribution in [3.63, 3.8) is 0 Å². The zero-order valence-electron chi connectivity index (χ0n) is 7.96. The van der Waals surface area contributed by atoms with Gasteiger partial charge in [-0.1, -0.05) is 27.7 Å². The summed E-state index contributed by atoms with van der Waals surface area (Å²) in [5.74, 6) is 0.797. The Balaban J connectivity index is 1.96. The van der Waals surface area contributed by atoms with Gasteiger partial charge in [0.15, 0.2) is 0 Å². The van der Waals surface area contributed by atoms with Gasteiger partial charge in [-0.3, -0.25) is 0 Å². The second kappa shape index (κ2) is 1.99. The molecule has 2 heterocycles. The molecule has 2 aliphatic rings. The molecule has 0 spiro atoms. The van der Waals surface area contributed by atoms with Crippen LogP contribution in [0.15, 0.2) is 0 Å². The predicted molar refractivity (Wildman–Crippen MR) is 45.8 cm³/mol. The van der Waals surface area contributed by atoms with Crippen LogP contribution in [-0.4, -0.2) is 29.3 Å². The van der Waals surface area contributed by atoms with Crippen molar-refractivity contribution in [3.8, 4) is 0 Å². The molecule has 0 aromatic heterocycles. The van der Waals surface area contributed by atoms with E-state index in [1.165, 1.54) is 13.1 Å². The van der Waals surface area contributed by atoms with Gasteiger partial charge in [0.2, 0.25) is 0 Å². The summed E-state index contributed by atoms with van der Waals surface area (Å²) in [6, 6.07) is 0. The van der Waals surface area contributed by atoms with Crippen molar-refractivity contribution in [2.24, 2.45) is 11.3 Å². The Morgan fingerprint density at radius 1 is 1.18 bits per heavy atom. The molecule has 2 rings (SSSR count). The maximum absolute atomic E-state index is 2.50. The van der Waals surface area contributed by atoms with Gasteiger partial charge in [0, 0.05) is 13.1 Å². The first-order chi connectivity index (χ1) is 5.01. The van der Waals surface area contributed by atoms with Gasteiger partial charge < -0.3 is 0 Å². The standard InChI is InChI=1S/C9H18N2/c1-7(2)8-10-5-9(3,4)6-11(8)10/h7-8H,5-6H2,1-4H3. The summed E-state index contributed by atoms with van der Waals surface area (Å²) in [6.07, 6.45) is 0.767. The highest BCUT2D eigenvalue weighted by atomic mass is 15.9. The highest BCUT2D eigenvalue weighted by Crippen LogP contribution is 2.43. The van der Waals surface area contributed by atoms with Gasteiger partial charge in [-0.2, -0.15) is 0 Å². The summed E-state index contributed by atoms with van der Waals surface area (Å²) in [5.41, 5.74) is 0.533. The third kappa shape index (κ3) is 1.09. The van der Waals surface area contributed by atoms with Gasteiger partial charge in [0.05, 0.1) is 6.17 Å². The SMILES string of the molecule is CC(C)C1N2CC(C)(C)CN12. The van der Waals surface area contributed by atoms with Gasteiger partial charge >= 0.3 is 0 Å². The number of hydrazine groups is 1. The average molecular weight is 154 g/mol. The number of nitrogens with zero attached hydrogens (tertiary/aromatic N) is 2.